The lowest BCUT2D eigenvalue weighted by atomic mass is 9.71. The molecule has 0 atom stereocenters. The van der Waals surface area contributed by atoms with E-state index in [2.05, 4.69) is 49.2 Å². The van der Waals surface area contributed by atoms with Crippen molar-refractivity contribution in [3.8, 4) is 0 Å². The maximum Gasteiger partial charge on any atom is 0.00203 e. The van der Waals surface area contributed by atoms with Crippen molar-refractivity contribution in [1.29, 1.82) is 0 Å². The number of fused-ring (bicyclic) bond motifs is 1. The molecular formula is C25H33N. The Hall–Kier alpha value is -1.60. The lowest BCUT2D eigenvalue weighted by molar-refractivity contribution is 0.133. The van der Waals surface area contributed by atoms with Gasteiger partial charge in [-0.05, 0) is 92.4 Å². The molecule has 1 N–H and O–H groups in total. The summed E-state index contributed by atoms with van der Waals surface area (Å²) in [4.78, 5) is 0. The lowest BCUT2D eigenvalue weighted by Gasteiger charge is -2.44. The molecule has 1 spiro atoms. The largest absolute Gasteiger partial charge is 0.316 e. The molecule has 0 radical (unpaired) electrons. The van der Waals surface area contributed by atoms with Crippen LogP contribution in [0.25, 0.3) is 5.57 Å². The number of benzene rings is 1. The smallest absolute Gasteiger partial charge is 0.00203 e. The van der Waals surface area contributed by atoms with Crippen molar-refractivity contribution in [3.63, 3.8) is 0 Å². The molecule has 1 fully saturated rings. The molecule has 138 valence electrons. The van der Waals surface area contributed by atoms with Crippen LogP contribution in [-0.2, 0) is 6.42 Å². The highest BCUT2D eigenvalue weighted by Crippen LogP contribution is 2.40. The zero-order chi connectivity index (χ0) is 18.0. The lowest BCUT2D eigenvalue weighted by Crippen LogP contribution is -2.53. The number of allylic oxidation sites excluding steroid dienone is 5. The maximum absolute atomic E-state index is 4.50. The molecule has 26 heavy (non-hydrogen) atoms. The van der Waals surface area contributed by atoms with Crippen LogP contribution in [-0.4, -0.2) is 13.1 Å². The zero-order valence-electron chi connectivity index (χ0n) is 16.4. The molecule has 1 aliphatic heterocycles. The van der Waals surface area contributed by atoms with E-state index in [4.69, 9.17) is 0 Å². The van der Waals surface area contributed by atoms with Gasteiger partial charge >= 0.3 is 0 Å². The minimum atomic E-state index is 0.616. The monoisotopic (exact) mass is 347 g/mol. The normalized spacial score (nSPS) is 24.7. The van der Waals surface area contributed by atoms with Crippen molar-refractivity contribution < 1.29 is 0 Å². The van der Waals surface area contributed by atoms with Gasteiger partial charge in [0.25, 0.3) is 0 Å². The third-order valence-corrected chi connectivity index (χ3v) is 6.91. The molecular weight excluding hydrogens is 314 g/mol. The molecule has 0 amide bonds. The van der Waals surface area contributed by atoms with Crippen LogP contribution in [0.5, 0.6) is 0 Å². The van der Waals surface area contributed by atoms with Gasteiger partial charge in [0.1, 0.15) is 0 Å². The van der Waals surface area contributed by atoms with E-state index in [0.29, 0.717) is 5.41 Å². The van der Waals surface area contributed by atoms with Crippen LogP contribution in [0.15, 0.2) is 53.6 Å². The number of hydrogen-bond acceptors (Lipinski definition) is 1. The van der Waals surface area contributed by atoms with Crippen LogP contribution in [0.4, 0.5) is 0 Å². The van der Waals surface area contributed by atoms with Crippen molar-refractivity contribution in [2.24, 2.45) is 5.41 Å². The maximum atomic E-state index is 4.50. The average molecular weight is 348 g/mol. The molecule has 0 unspecified atom stereocenters. The fourth-order valence-corrected chi connectivity index (χ4v) is 5.15. The van der Waals surface area contributed by atoms with Gasteiger partial charge in [0.2, 0.25) is 0 Å². The van der Waals surface area contributed by atoms with Gasteiger partial charge < -0.3 is 5.32 Å². The van der Waals surface area contributed by atoms with E-state index in [0.717, 1.165) is 6.42 Å². The van der Waals surface area contributed by atoms with Crippen LogP contribution in [0, 0.1) is 5.41 Å². The average Bonchev–Trinajstić information content (AvgIpc) is 2.76. The van der Waals surface area contributed by atoms with Crippen LogP contribution in [0.1, 0.15) is 69.4 Å². The van der Waals surface area contributed by atoms with Crippen molar-refractivity contribution in [2.45, 2.75) is 64.7 Å². The molecule has 3 aliphatic rings. The van der Waals surface area contributed by atoms with Gasteiger partial charge in [-0.1, -0.05) is 48.1 Å². The number of rotatable bonds is 2. The molecule has 4 rings (SSSR count). The highest BCUT2D eigenvalue weighted by Gasteiger charge is 2.36. The summed E-state index contributed by atoms with van der Waals surface area (Å²) in [7, 11) is 0. The van der Waals surface area contributed by atoms with E-state index < -0.39 is 0 Å². The highest BCUT2D eigenvalue weighted by molar-refractivity contribution is 5.80. The van der Waals surface area contributed by atoms with Crippen molar-refractivity contribution in [3.05, 3.63) is 64.8 Å². The number of hydrogen-bond donors (Lipinski definition) is 1. The molecule has 1 nitrogen and oxygen atoms in total. The van der Waals surface area contributed by atoms with Gasteiger partial charge in [-0.2, -0.15) is 0 Å². The highest BCUT2D eigenvalue weighted by atomic mass is 15.0. The van der Waals surface area contributed by atoms with E-state index in [1.807, 2.05) is 0 Å². The quantitative estimate of drug-likeness (QED) is 0.494. The second-order valence-electron chi connectivity index (χ2n) is 8.78. The SMILES string of the molecule is C=C1/C(=C(\C)CC2=CCCCC3(CC2)CNC3)CCCc2ccccc21. The zero-order valence-corrected chi connectivity index (χ0v) is 16.4. The van der Waals surface area contributed by atoms with Crippen LogP contribution in [0.2, 0.25) is 0 Å². The Bertz CT molecular complexity index is 745. The van der Waals surface area contributed by atoms with Gasteiger partial charge in [-0.3, -0.25) is 0 Å². The fraction of sp³-hybridized carbons (Fsp3) is 0.520. The standard InChI is InChI=1S/C25H33N/c1-19(16-21-8-5-6-14-25(15-13-21)17-26-18-25)23-12-7-10-22-9-3-4-11-24(22)20(23)2/h3-4,8-9,11,26H,2,5-7,10,12-18H2,1H3/b21-8?,23-19+. The molecule has 1 saturated heterocycles. The summed E-state index contributed by atoms with van der Waals surface area (Å²) in [6, 6.07) is 8.87. The molecule has 2 aliphatic carbocycles. The summed E-state index contributed by atoms with van der Waals surface area (Å²) < 4.78 is 0. The first-order valence-electron chi connectivity index (χ1n) is 10.5. The second-order valence-corrected chi connectivity index (χ2v) is 8.78. The molecule has 1 heterocycles. The Labute approximate surface area is 159 Å². The van der Waals surface area contributed by atoms with Gasteiger partial charge in [-0.25, -0.2) is 0 Å². The number of nitrogens with one attached hydrogen (secondary N) is 1. The summed E-state index contributed by atoms with van der Waals surface area (Å²) >= 11 is 0. The molecule has 1 aromatic rings. The predicted octanol–water partition coefficient (Wildman–Crippen LogP) is 6.22. The Morgan fingerprint density at radius 1 is 1.08 bits per heavy atom. The van der Waals surface area contributed by atoms with Crippen LogP contribution in [0.3, 0.4) is 0 Å². The van der Waals surface area contributed by atoms with E-state index in [1.54, 1.807) is 11.1 Å². The first-order chi connectivity index (χ1) is 12.7. The molecule has 0 aromatic heterocycles. The predicted molar refractivity (Wildman–Crippen MR) is 112 cm³/mol. The summed E-state index contributed by atoms with van der Waals surface area (Å²) in [5.41, 5.74) is 9.51. The van der Waals surface area contributed by atoms with E-state index in [1.165, 1.54) is 86.7 Å². The summed E-state index contributed by atoms with van der Waals surface area (Å²) in [5, 5.41) is 3.51. The third-order valence-electron chi connectivity index (χ3n) is 6.91. The Kier molecular flexibility index (Phi) is 5.18. The van der Waals surface area contributed by atoms with E-state index in [-0.39, 0.29) is 0 Å². The van der Waals surface area contributed by atoms with Gasteiger partial charge in [0, 0.05) is 13.1 Å². The second kappa shape index (κ2) is 7.56. The van der Waals surface area contributed by atoms with Gasteiger partial charge in [0.05, 0.1) is 0 Å². The molecule has 0 bridgehead atoms. The Morgan fingerprint density at radius 2 is 1.92 bits per heavy atom. The molecule has 1 heteroatoms. The number of aryl methyl sites for hydroxylation is 1. The van der Waals surface area contributed by atoms with E-state index in [9.17, 15) is 0 Å². The van der Waals surface area contributed by atoms with Crippen LogP contribution >= 0.6 is 0 Å². The Morgan fingerprint density at radius 3 is 2.73 bits per heavy atom. The molecule has 1 aromatic carbocycles. The third kappa shape index (κ3) is 3.60. The first-order valence-corrected chi connectivity index (χ1v) is 10.5. The first kappa shape index (κ1) is 17.8. The minimum Gasteiger partial charge on any atom is -0.316 e. The summed E-state index contributed by atoms with van der Waals surface area (Å²) in [6.07, 6.45) is 14.0. The minimum absolute atomic E-state index is 0.616. The summed E-state index contributed by atoms with van der Waals surface area (Å²) in [6.45, 7) is 9.35. The van der Waals surface area contributed by atoms with Gasteiger partial charge in [-0.15, -0.1) is 0 Å². The fourth-order valence-electron chi connectivity index (χ4n) is 5.15. The molecule has 0 saturated carbocycles. The van der Waals surface area contributed by atoms with Gasteiger partial charge in [0.15, 0.2) is 0 Å². The summed E-state index contributed by atoms with van der Waals surface area (Å²) in [5.74, 6) is 0. The van der Waals surface area contributed by atoms with E-state index >= 15 is 0 Å². The topological polar surface area (TPSA) is 12.0 Å². The Balaban J connectivity index is 1.52. The van der Waals surface area contributed by atoms with Crippen molar-refractivity contribution in [1.82, 2.24) is 5.32 Å². The van der Waals surface area contributed by atoms with Crippen LogP contribution < -0.4 is 5.32 Å². The van der Waals surface area contributed by atoms with Crippen molar-refractivity contribution in [2.75, 3.05) is 13.1 Å². The van der Waals surface area contributed by atoms with Crippen molar-refractivity contribution >= 4 is 5.57 Å².